The molecule has 2 rings (SSSR count). The molecule has 1 amide bonds. The van der Waals surface area contributed by atoms with E-state index in [-0.39, 0.29) is 5.91 Å². The summed E-state index contributed by atoms with van der Waals surface area (Å²) in [5.41, 5.74) is 2.70. The first-order valence-corrected chi connectivity index (χ1v) is 4.99. The highest BCUT2D eigenvalue weighted by Crippen LogP contribution is 2.23. The van der Waals surface area contributed by atoms with Crippen LogP contribution in [0.25, 0.3) is 6.08 Å². The first-order chi connectivity index (χ1) is 7.65. The van der Waals surface area contributed by atoms with Crippen LogP contribution in [-0.2, 0) is 16.0 Å². The number of hydrogen-bond donors (Lipinski definition) is 2. The lowest BCUT2D eigenvalue weighted by atomic mass is 10.0. The smallest absolute Gasteiger partial charge is 0.328 e. The van der Waals surface area contributed by atoms with Crippen LogP contribution >= 0.6 is 0 Å². The molecule has 0 aliphatic carbocycles. The van der Waals surface area contributed by atoms with Crippen LogP contribution in [0.5, 0.6) is 0 Å². The van der Waals surface area contributed by atoms with Crippen molar-refractivity contribution in [3.05, 3.63) is 35.4 Å². The summed E-state index contributed by atoms with van der Waals surface area (Å²) >= 11 is 0. The number of aryl methyl sites for hydroxylation is 1. The zero-order chi connectivity index (χ0) is 11.5. The Labute approximate surface area is 92.6 Å². The Morgan fingerprint density at radius 3 is 2.94 bits per heavy atom. The minimum absolute atomic E-state index is 0.0290. The van der Waals surface area contributed by atoms with Crippen LogP contribution in [0.4, 0.5) is 5.69 Å². The third-order valence-corrected chi connectivity index (χ3v) is 2.44. The molecule has 0 atom stereocenters. The zero-order valence-electron chi connectivity index (χ0n) is 8.56. The number of carboxylic acid groups (broad SMARTS) is 1. The number of carboxylic acids is 1. The van der Waals surface area contributed by atoms with Gasteiger partial charge in [0.25, 0.3) is 0 Å². The fourth-order valence-corrected chi connectivity index (χ4v) is 1.67. The van der Waals surface area contributed by atoms with Gasteiger partial charge in [-0.1, -0.05) is 6.07 Å². The molecule has 2 N–H and O–H groups in total. The Kier molecular flexibility index (Phi) is 2.72. The van der Waals surface area contributed by atoms with Gasteiger partial charge in [-0.05, 0) is 35.8 Å². The van der Waals surface area contributed by atoms with Crippen molar-refractivity contribution in [2.45, 2.75) is 12.8 Å². The number of fused-ring (bicyclic) bond motifs is 1. The number of benzene rings is 1. The van der Waals surface area contributed by atoms with E-state index in [4.69, 9.17) is 5.11 Å². The van der Waals surface area contributed by atoms with E-state index in [9.17, 15) is 9.59 Å². The maximum absolute atomic E-state index is 11.1. The summed E-state index contributed by atoms with van der Waals surface area (Å²) in [7, 11) is 0. The van der Waals surface area contributed by atoms with Crippen molar-refractivity contribution < 1.29 is 14.7 Å². The van der Waals surface area contributed by atoms with Crippen molar-refractivity contribution in [3.63, 3.8) is 0 Å². The largest absolute Gasteiger partial charge is 0.478 e. The zero-order valence-corrected chi connectivity index (χ0v) is 8.56. The Balaban J connectivity index is 2.26. The number of amides is 1. The predicted octanol–water partition coefficient (Wildman–Crippen LogP) is 1.67. The fraction of sp³-hybridized carbons (Fsp3) is 0.167. The fourth-order valence-electron chi connectivity index (χ4n) is 1.67. The molecule has 0 spiro atoms. The highest BCUT2D eigenvalue weighted by molar-refractivity contribution is 5.94. The van der Waals surface area contributed by atoms with Crippen LogP contribution in [0, 0.1) is 0 Å². The molecule has 0 aromatic heterocycles. The molecule has 0 saturated carbocycles. The van der Waals surface area contributed by atoms with Crippen LogP contribution in [0.3, 0.4) is 0 Å². The van der Waals surface area contributed by atoms with Crippen LogP contribution < -0.4 is 5.32 Å². The number of hydrogen-bond acceptors (Lipinski definition) is 2. The van der Waals surface area contributed by atoms with Gasteiger partial charge in [0, 0.05) is 18.2 Å². The summed E-state index contributed by atoms with van der Waals surface area (Å²) in [5.74, 6) is -0.938. The lowest BCUT2D eigenvalue weighted by Crippen LogP contribution is -2.18. The van der Waals surface area contributed by atoms with E-state index in [0.29, 0.717) is 12.8 Å². The average molecular weight is 217 g/mol. The molecule has 1 heterocycles. The van der Waals surface area contributed by atoms with Gasteiger partial charge in [0.15, 0.2) is 0 Å². The van der Waals surface area contributed by atoms with Gasteiger partial charge in [-0.25, -0.2) is 4.79 Å². The normalized spacial score (nSPS) is 14.6. The van der Waals surface area contributed by atoms with Crippen molar-refractivity contribution in [2.75, 3.05) is 5.32 Å². The highest BCUT2D eigenvalue weighted by atomic mass is 16.4. The topological polar surface area (TPSA) is 66.4 Å². The van der Waals surface area contributed by atoms with Gasteiger partial charge >= 0.3 is 5.97 Å². The SMILES string of the molecule is O=C(O)C=Cc1ccc2c(c1)CCC(=O)N2. The number of rotatable bonds is 2. The minimum Gasteiger partial charge on any atom is -0.478 e. The van der Waals surface area contributed by atoms with Crippen molar-refractivity contribution in [1.29, 1.82) is 0 Å². The molecule has 0 bridgehead atoms. The van der Waals surface area contributed by atoms with Crippen LogP contribution in [0.2, 0.25) is 0 Å². The second kappa shape index (κ2) is 4.18. The van der Waals surface area contributed by atoms with Gasteiger partial charge in [-0.3, -0.25) is 4.79 Å². The molecule has 0 radical (unpaired) electrons. The third-order valence-electron chi connectivity index (χ3n) is 2.44. The summed E-state index contributed by atoms with van der Waals surface area (Å²) in [4.78, 5) is 21.5. The van der Waals surface area contributed by atoms with E-state index in [1.807, 2.05) is 6.07 Å². The van der Waals surface area contributed by atoms with E-state index in [2.05, 4.69) is 5.32 Å². The highest BCUT2D eigenvalue weighted by Gasteiger charge is 2.13. The predicted molar refractivity (Wildman–Crippen MR) is 60.1 cm³/mol. The molecule has 0 saturated heterocycles. The second-order valence-electron chi connectivity index (χ2n) is 3.64. The molecule has 4 nitrogen and oxygen atoms in total. The first-order valence-electron chi connectivity index (χ1n) is 4.99. The molecule has 0 fully saturated rings. The lowest BCUT2D eigenvalue weighted by Gasteiger charge is -2.16. The number of nitrogens with one attached hydrogen (secondary N) is 1. The Bertz CT molecular complexity index is 477. The molecule has 16 heavy (non-hydrogen) atoms. The van der Waals surface area contributed by atoms with Crippen molar-refractivity contribution >= 4 is 23.6 Å². The maximum atomic E-state index is 11.1. The number of carbonyl (C=O) groups is 2. The molecule has 0 unspecified atom stereocenters. The van der Waals surface area contributed by atoms with Crippen molar-refractivity contribution in [3.8, 4) is 0 Å². The van der Waals surface area contributed by atoms with Gasteiger partial charge in [0.1, 0.15) is 0 Å². The molecule has 82 valence electrons. The average Bonchev–Trinajstić information content (AvgIpc) is 2.26. The van der Waals surface area contributed by atoms with E-state index >= 15 is 0 Å². The molecule has 1 aliphatic heterocycles. The third kappa shape index (κ3) is 2.28. The van der Waals surface area contributed by atoms with E-state index < -0.39 is 5.97 Å². The van der Waals surface area contributed by atoms with Gasteiger partial charge < -0.3 is 10.4 Å². The van der Waals surface area contributed by atoms with Gasteiger partial charge in [0.2, 0.25) is 5.91 Å². The van der Waals surface area contributed by atoms with E-state index in [1.54, 1.807) is 18.2 Å². The Hall–Kier alpha value is -2.10. The summed E-state index contributed by atoms with van der Waals surface area (Å²) < 4.78 is 0. The maximum Gasteiger partial charge on any atom is 0.328 e. The van der Waals surface area contributed by atoms with Crippen LogP contribution in [-0.4, -0.2) is 17.0 Å². The van der Waals surface area contributed by atoms with Crippen LogP contribution in [0.15, 0.2) is 24.3 Å². The Morgan fingerprint density at radius 2 is 2.19 bits per heavy atom. The molecular weight excluding hydrogens is 206 g/mol. The molecule has 1 aromatic rings. The standard InChI is InChI=1S/C12H11NO3/c14-11-5-3-9-7-8(2-6-12(15)16)1-4-10(9)13-11/h1-2,4,6-7H,3,5H2,(H,13,14)(H,15,16). The molecular formula is C12H11NO3. The quantitative estimate of drug-likeness (QED) is 0.740. The number of carbonyl (C=O) groups excluding carboxylic acids is 1. The lowest BCUT2D eigenvalue weighted by molar-refractivity contribution is -0.131. The van der Waals surface area contributed by atoms with Gasteiger partial charge in [0.05, 0.1) is 0 Å². The summed E-state index contributed by atoms with van der Waals surface area (Å²) in [5, 5.41) is 11.3. The van der Waals surface area contributed by atoms with Crippen molar-refractivity contribution in [1.82, 2.24) is 0 Å². The number of aliphatic carboxylic acids is 1. The Morgan fingerprint density at radius 1 is 1.38 bits per heavy atom. The molecule has 1 aliphatic rings. The number of anilines is 1. The second-order valence-corrected chi connectivity index (χ2v) is 3.64. The minimum atomic E-state index is -0.967. The molecule has 4 heteroatoms. The molecule has 1 aromatic carbocycles. The van der Waals surface area contributed by atoms with Gasteiger partial charge in [-0.2, -0.15) is 0 Å². The van der Waals surface area contributed by atoms with Gasteiger partial charge in [-0.15, -0.1) is 0 Å². The van der Waals surface area contributed by atoms with Crippen molar-refractivity contribution in [2.24, 2.45) is 0 Å². The summed E-state index contributed by atoms with van der Waals surface area (Å²) in [6.45, 7) is 0. The summed E-state index contributed by atoms with van der Waals surface area (Å²) in [6.07, 6.45) is 3.83. The monoisotopic (exact) mass is 217 g/mol. The first kappa shape index (κ1) is 10.4. The summed E-state index contributed by atoms with van der Waals surface area (Å²) in [6, 6.07) is 5.48. The van der Waals surface area contributed by atoms with Crippen LogP contribution in [0.1, 0.15) is 17.5 Å². The van der Waals surface area contributed by atoms with E-state index in [0.717, 1.165) is 22.9 Å². The van der Waals surface area contributed by atoms with E-state index in [1.165, 1.54) is 0 Å².